The van der Waals surface area contributed by atoms with Crippen LogP contribution in [0.15, 0.2) is 16.6 Å². The summed E-state index contributed by atoms with van der Waals surface area (Å²) in [6.45, 7) is 1.46. The summed E-state index contributed by atoms with van der Waals surface area (Å²) in [7, 11) is 3.99. The largest absolute Gasteiger partial charge is 0.491 e. The van der Waals surface area contributed by atoms with E-state index in [0.717, 1.165) is 13.0 Å². The van der Waals surface area contributed by atoms with Gasteiger partial charge in [0.1, 0.15) is 11.6 Å². The van der Waals surface area contributed by atoms with E-state index in [1.807, 2.05) is 14.1 Å². The van der Waals surface area contributed by atoms with Gasteiger partial charge in [0, 0.05) is 12.6 Å². The minimum atomic E-state index is -0.364. The van der Waals surface area contributed by atoms with Crippen LogP contribution in [-0.2, 0) is 0 Å². The normalized spacial score (nSPS) is 10.8. The first-order chi connectivity index (χ1) is 7.50. The van der Waals surface area contributed by atoms with Crippen LogP contribution in [0.4, 0.5) is 10.1 Å². The molecule has 0 saturated heterocycles. The van der Waals surface area contributed by atoms with E-state index >= 15 is 0 Å². The molecule has 0 heterocycles. The maximum atomic E-state index is 13.2. The molecule has 2 N–H and O–H groups in total. The van der Waals surface area contributed by atoms with Crippen LogP contribution in [0, 0.1) is 5.82 Å². The number of benzene rings is 1. The molecule has 1 aromatic rings. The fourth-order valence-electron chi connectivity index (χ4n) is 1.23. The highest BCUT2D eigenvalue weighted by Crippen LogP contribution is 2.28. The molecular weight excluding hydrogens is 275 g/mol. The molecule has 0 saturated carbocycles. The van der Waals surface area contributed by atoms with Crippen molar-refractivity contribution >= 4 is 21.6 Å². The van der Waals surface area contributed by atoms with E-state index in [9.17, 15) is 4.39 Å². The summed E-state index contributed by atoms with van der Waals surface area (Å²) in [5.74, 6) is 0.0382. The first-order valence-electron chi connectivity index (χ1n) is 5.02. The average molecular weight is 291 g/mol. The Labute approximate surface area is 104 Å². The zero-order valence-electron chi connectivity index (χ0n) is 9.46. The molecule has 0 aliphatic heterocycles. The summed E-state index contributed by atoms with van der Waals surface area (Å²) < 4.78 is 19.0. The van der Waals surface area contributed by atoms with Crippen LogP contribution in [0.25, 0.3) is 0 Å². The third-order valence-electron chi connectivity index (χ3n) is 2.06. The van der Waals surface area contributed by atoms with E-state index in [0.29, 0.717) is 22.5 Å². The van der Waals surface area contributed by atoms with Crippen LogP contribution in [0.2, 0.25) is 0 Å². The smallest absolute Gasteiger partial charge is 0.145 e. The summed E-state index contributed by atoms with van der Waals surface area (Å²) in [5.41, 5.74) is 6.14. The standard InChI is InChI=1S/C11H16BrFN2O/c1-15(2)4-3-5-16-11-7-9(13)8(12)6-10(11)14/h6-7H,3-5,14H2,1-2H3. The van der Waals surface area contributed by atoms with E-state index in [1.54, 1.807) is 0 Å². The van der Waals surface area contributed by atoms with Gasteiger partial charge in [-0.15, -0.1) is 0 Å². The van der Waals surface area contributed by atoms with Gasteiger partial charge in [0.15, 0.2) is 0 Å². The van der Waals surface area contributed by atoms with E-state index in [2.05, 4.69) is 20.8 Å². The van der Waals surface area contributed by atoms with Gasteiger partial charge in [-0.3, -0.25) is 0 Å². The number of halogens is 2. The SMILES string of the molecule is CN(C)CCCOc1cc(F)c(Br)cc1N. The summed E-state index contributed by atoms with van der Waals surface area (Å²) >= 11 is 3.06. The first kappa shape index (κ1) is 13.3. The number of nitrogens with two attached hydrogens (primary N) is 1. The molecule has 0 unspecified atom stereocenters. The highest BCUT2D eigenvalue weighted by Gasteiger charge is 2.06. The minimum absolute atomic E-state index is 0.352. The third kappa shape index (κ3) is 3.98. The predicted molar refractivity (Wildman–Crippen MR) is 67.2 cm³/mol. The van der Waals surface area contributed by atoms with Crippen LogP contribution in [0.1, 0.15) is 6.42 Å². The second kappa shape index (κ2) is 6.06. The number of anilines is 1. The van der Waals surface area contributed by atoms with Crippen molar-refractivity contribution in [3.05, 3.63) is 22.4 Å². The Kier molecular flexibility index (Phi) is 5.02. The maximum absolute atomic E-state index is 13.2. The molecule has 0 bridgehead atoms. The van der Waals surface area contributed by atoms with Gasteiger partial charge in [-0.05, 0) is 42.5 Å². The lowest BCUT2D eigenvalue weighted by Gasteiger charge is -2.12. The number of hydrogen-bond acceptors (Lipinski definition) is 3. The number of hydrogen-bond donors (Lipinski definition) is 1. The average Bonchev–Trinajstić information content (AvgIpc) is 2.19. The van der Waals surface area contributed by atoms with Crippen molar-refractivity contribution in [2.75, 3.05) is 33.0 Å². The van der Waals surface area contributed by atoms with Gasteiger partial charge in [0.05, 0.1) is 16.8 Å². The van der Waals surface area contributed by atoms with Gasteiger partial charge in [-0.2, -0.15) is 0 Å². The highest BCUT2D eigenvalue weighted by atomic mass is 79.9. The molecule has 0 aliphatic rings. The molecular formula is C11H16BrFN2O. The Morgan fingerprint density at radius 1 is 1.44 bits per heavy atom. The Hall–Kier alpha value is -0.810. The zero-order valence-corrected chi connectivity index (χ0v) is 11.1. The molecule has 0 aromatic heterocycles. The second-order valence-electron chi connectivity index (χ2n) is 3.81. The number of nitrogens with zero attached hydrogens (tertiary/aromatic N) is 1. The van der Waals surface area contributed by atoms with Crippen LogP contribution >= 0.6 is 15.9 Å². The molecule has 0 fully saturated rings. The predicted octanol–water partition coefficient (Wildman–Crippen LogP) is 2.50. The van der Waals surface area contributed by atoms with Gasteiger partial charge in [0.2, 0.25) is 0 Å². The van der Waals surface area contributed by atoms with Crippen LogP contribution in [0.3, 0.4) is 0 Å². The molecule has 5 heteroatoms. The van der Waals surface area contributed by atoms with E-state index < -0.39 is 0 Å². The fraction of sp³-hybridized carbons (Fsp3) is 0.455. The van der Waals surface area contributed by atoms with Crippen LogP contribution < -0.4 is 10.5 Å². The molecule has 0 spiro atoms. The Balaban J connectivity index is 2.51. The lowest BCUT2D eigenvalue weighted by Crippen LogP contribution is -2.15. The summed E-state index contributed by atoms with van der Waals surface area (Å²) in [6, 6.07) is 2.81. The quantitative estimate of drug-likeness (QED) is 0.669. The highest BCUT2D eigenvalue weighted by molar-refractivity contribution is 9.10. The lowest BCUT2D eigenvalue weighted by molar-refractivity contribution is 0.282. The van der Waals surface area contributed by atoms with E-state index in [4.69, 9.17) is 10.5 Å². The van der Waals surface area contributed by atoms with Crippen molar-refractivity contribution < 1.29 is 9.13 Å². The summed E-state index contributed by atoms with van der Waals surface area (Å²) in [6.07, 6.45) is 0.879. The zero-order chi connectivity index (χ0) is 12.1. The molecule has 0 atom stereocenters. The van der Waals surface area contributed by atoms with Crippen LogP contribution in [-0.4, -0.2) is 32.1 Å². The molecule has 0 amide bonds. The molecule has 16 heavy (non-hydrogen) atoms. The number of ether oxygens (including phenoxy) is 1. The Bertz CT molecular complexity index is 358. The molecule has 1 aromatic carbocycles. The molecule has 0 radical (unpaired) electrons. The van der Waals surface area contributed by atoms with Gasteiger partial charge in [-0.25, -0.2) is 4.39 Å². The van der Waals surface area contributed by atoms with E-state index in [1.165, 1.54) is 12.1 Å². The number of nitrogen functional groups attached to an aromatic ring is 1. The second-order valence-corrected chi connectivity index (χ2v) is 4.66. The van der Waals surface area contributed by atoms with Crippen molar-refractivity contribution in [3.8, 4) is 5.75 Å². The molecule has 3 nitrogen and oxygen atoms in total. The number of rotatable bonds is 5. The van der Waals surface area contributed by atoms with Gasteiger partial charge >= 0.3 is 0 Å². The Morgan fingerprint density at radius 3 is 2.75 bits per heavy atom. The molecule has 1 rings (SSSR count). The van der Waals surface area contributed by atoms with Crippen molar-refractivity contribution in [2.24, 2.45) is 0 Å². The molecule has 90 valence electrons. The lowest BCUT2D eigenvalue weighted by atomic mass is 10.3. The van der Waals surface area contributed by atoms with Crippen molar-refractivity contribution in [1.82, 2.24) is 4.90 Å². The maximum Gasteiger partial charge on any atom is 0.145 e. The van der Waals surface area contributed by atoms with Gasteiger partial charge in [-0.1, -0.05) is 0 Å². The van der Waals surface area contributed by atoms with Crippen molar-refractivity contribution in [3.63, 3.8) is 0 Å². The Morgan fingerprint density at radius 2 is 2.12 bits per heavy atom. The van der Waals surface area contributed by atoms with Crippen molar-refractivity contribution in [1.29, 1.82) is 0 Å². The monoisotopic (exact) mass is 290 g/mol. The molecule has 0 aliphatic carbocycles. The van der Waals surface area contributed by atoms with E-state index in [-0.39, 0.29) is 5.82 Å². The van der Waals surface area contributed by atoms with Gasteiger partial charge in [0.25, 0.3) is 0 Å². The minimum Gasteiger partial charge on any atom is -0.491 e. The van der Waals surface area contributed by atoms with Crippen molar-refractivity contribution in [2.45, 2.75) is 6.42 Å². The summed E-state index contributed by atoms with van der Waals surface area (Å²) in [5, 5.41) is 0. The summed E-state index contributed by atoms with van der Waals surface area (Å²) in [4.78, 5) is 2.06. The first-order valence-corrected chi connectivity index (χ1v) is 5.82. The van der Waals surface area contributed by atoms with Gasteiger partial charge < -0.3 is 15.4 Å². The third-order valence-corrected chi connectivity index (χ3v) is 2.67. The van der Waals surface area contributed by atoms with Crippen LogP contribution in [0.5, 0.6) is 5.75 Å². The fourth-order valence-corrected chi connectivity index (χ4v) is 1.59. The topological polar surface area (TPSA) is 38.5 Å².